The summed E-state index contributed by atoms with van der Waals surface area (Å²) >= 11 is 0. The van der Waals surface area contributed by atoms with Gasteiger partial charge in [0.05, 0.1) is 30.5 Å². The number of benzene rings is 3. The number of sulfonamides is 1. The van der Waals surface area contributed by atoms with Gasteiger partial charge in [-0.05, 0) is 56.3 Å². The fourth-order valence-electron chi connectivity index (χ4n) is 5.19. The summed E-state index contributed by atoms with van der Waals surface area (Å²) in [5.41, 5.74) is 2.23. The molecule has 0 saturated heterocycles. The Hall–Kier alpha value is -4.49. The summed E-state index contributed by atoms with van der Waals surface area (Å²) in [6.07, 6.45) is -0.620. The van der Waals surface area contributed by atoms with Crippen molar-refractivity contribution in [1.29, 1.82) is 0 Å². The topological polar surface area (TPSA) is 147 Å². The molecule has 2 heterocycles. The van der Waals surface area contributed by atoms with Crippen molar-refractivity contribution in [3.63, 3.8) is 0 Å². The number of fused-ring (bicyclic) bond motifs is 2. The van der Waals surface area contributed by atoms with Crippen molar-refractivity contribution < 1.29 is 37.3 Å². The number of hydrogen-bond donors (Lipinski definition) is 3. The lowest BCUT2D eigenvalue weighted by molar-refractivity contribution is -0.134. The molecule has 240 valence electrons. The minimum atomic E-state index is -3.88. The molecule has 0 saturated carbocycles. The number of likely N-dealkylation sites (N-methyl/N-ethyl adjacent to an activating group) is 1. The zero-order chi connectivity index (χ0) is 32.3. The Labute approximate surface area is 262 Å². The van der Waals surface area contributed by atoms with Crippen LogP contribution in [0.15, 0.2) is 65.6 Å². The standard InChI is InChI=1S/C32H38N4O8S/c1-20-5-9-26(10-6-20)45(40,41)34-25-8-11-27-23(13-25)14-31(38)36(22(3)18-37)16-21(2)30(44-27)17-35(4)32(39)33-24-7-12-28-29(15-24)43-19-42-28/h5-13,15,21-22,30,34,37H,14,16-19H2,1-4H3,(H,33,39)/t21-,22-,30+/m0/s1. The van der Waals surface area contributed by atoms with E-state index in [1.165, 1.54) is 17.0 Å². The van der Waals surface area contributed by atoms with Gasteiger partial charge >= 0.3 is 6.03 Å². The smallest absolute Gasteiger partial charge is 0.321 e. The first-order valence-corrected chi connectivity index (χ1v) is 16.1. The van der Waals surface area contributed by atoms with Gasteiger partial charge in [-0.1, -0.05) is 24.6 Å². The highest BCUT2D eigenvalue weighted by atomic mass is 32.2. The molecule has 0 fully saturated rings. The molecule has 0 radical (unpaired) electrons. The molecule has 3 N–H and O–H groups in total. The zero-order valence-corrected chi connectivity index (χ0v) is 26.5. The van der Waals surface area contributed by atoms with Gasteiger partial charge in [0.15, 0.2) is 11.5 Å². The van der Waals surface area contributed by atoms with E-state index in [0.29, 0.717) is 28.5 Å². The second kappa shape index (κ2) is 13.2. The minimum Gasteiger partial charge on any atom is -0.488 e. The van der Waals surface area contributed by atoms with Gasteiger partial charge in [-0.3, -0.25) is 9.52 Å². The minimum absolute atomic E-state index is 0.0698. The van der Waals surface area contributed by atoms with Crippen LogP contribution in [0.4, 0.5) is 16.2 Å². The van der Waals surface area contributed by atoms with Gasteiger partial charge in [-0.25, -0.2) is 13.2 Å². The number of aryl methyl sites for hydroxylation is 1. The number of ether oxygens (including phenoxy) is 3. The molecule has 3 atom stereocenters. The van der Waals surface area contributed by atoms with Crippen LogP contribution in [-0.4, -0.2) is 80.9 Å². The van der Waals surface area contributed by atoms with E-state index in [2.05, 4.69) is 10.0 Å². The molecule has 0 spiro atoms. The third-order valence-corrected chi connectivity index (χ3v) is 9.32. The maximum atomic E-state index is 13.5. The van der Waals surface area contributed by atoms with Crippen molar-refractivity contribution in [2.24, 2.45) is 5.92 Å². The van der Waals surface area contributed by atoms with Crippen molar-refractivity contribution in [1.82, 2.24) is 9.80 Å². The van der Waals surface area contributed by atoms with E-state index in [4.69, 9.17) is 14.2 Å². The van der Waals surface area contributed by atoms with Crippen LogP contribution in [0.3, 0.4) is 0 Å². The summed E-state index contributed by atoms with van der Waals surface area (Å²) in [5, 5.41) is 12.8. The number of amides is 3. The second-order valence-electron chi connectivity index (χ2n) is 11.5. The molecule has 2 aliphatic heterocycles. The fraction of sp³-hybridized carbons (Fsp3) is 0.375. The van der Waals surface area contributed by atoms with Gasteiger partial charge in [0, 0.05) is 42.5 Å². The molecule has 0 bridgehead atoms. The van der Waals surface area contributed by atoms with E-state index in [1.807, 2.05) is 13.8 Å². The molecule has 3 aromatic rings. The number of hydrogen-bond acceptors (Lipinski definition) is 8. The van der Waals surface area contributed by atoms with E-state index in [1.54, 1.807) is 67.4 Å². The molecule has 2 aliphatic rings. The summed E-state index contributed by atoms with van der Waals surface area (Å²) < 4.78 is 45.9. The Morgan fingerprint density at radius 1 is 1.04 bits per heavy atom. The first kappa shape index (κ1) is 31.9. The molecular weight excluding hydrogens is 600 g/mol. The fourth-order valence-corrected chi connectivity index (χ4v) is 6.24. The number of carbonyl (C=O) groups is 2. The van der Waals surface area contributed by atoms with Crippen LogP contribution in [-0.2, 0) is 21.2 Å². The van der Waals surface area contributed by atoms with Crippen molar-refractivity contribution in [3.05, 3.63) is 71.8 Å². The van der Waals surface area contributed by atoms with E-state index in [9.17, 15) is 23.1 Å². The van der Waals surface area contributed by atoms with Crippen LogP contribution in [0.1, 0.15) is 25.0 Å². The molecule has 12 nitrogen and oxygen atoms in total. The monoisotopic (exact) mass is 638 g/mol. The van der Waals surface area contributed by atoms with Crippen molar-refractivity contribution in [2.75, 3.05) is 43.6 Å². The second-order valence-corrected chi connectivity index (χ2v) is 13.2. The lowest BCUT2D eigenvalue weighted by atomic mass is 10.0. The van der Waals surface area contributed by atoms with Crippen LogP contribution in [0.2, 0.25) is 0 Å². The van der Waals surface area contributed by atoms with Gasteiger partial charge < -0.3 is 34.4 Å². The first-order valence-electron chi connectivity index (χ1n) is 14.6. The normalized spacial score (nSPS) is 18.5. The van der Waals surface area contributed by atoms with E-state index in [0.717, 1.165) is 5.56 Å². The van der Waals surface area contributed by atoms with Crippen LogP contribution >= 0.6 is 0 Å². The molecule has 45 heavy (non-hydrogen) atoms. The number of aliphatic hydroxyl groups excluding tert-OH is 1. The predicted molar refractivity (Wildman–Crippen MR) is 168 cm³/mol. The Kier molecular flexibility index (Phi) is 9.40. The van der Waals surface area contributed by atoms with Gasteiger partial charge in [-0.2, -0.15) is 0 Å². The van der Waals surface area contributed by atoms with Crippen LogP contribution in [0, 0.1) is 12.8 Å². The molecule has 13 heteroatoms. The SMILES string of the molecule is Cc1ccc(S(=O)(=O)Nc2ccc3c(c2)CC(=O)N([C@@H](C)CO)C[C@H](C)[C@@H](CN(C)C(=O)Nc2ccc4c(c2)OCO4)O3)cc1. The van der Waals surface area contributed by atoms with Crippen LogP contribution < -0.4 is 24.2 Å². The zero-order valence-electron chi connectivity index (χ0n) is 25.6. The third-order valence-electron chi connectivity index (χ3n) is 7.92. The van der Waals surface area contributed by atoms with Crippen molar-refractivity contribution >= 4 is 33.3 Å². The average molecular weight is 639 g/mol. The summed E-state index contributed by atoms with van der Waals surface area (Å²) in [4.78, 5) is 29.9. The molecule has 5 rings (SSSR count). The lowest BCUT2D eigenvalue weighted by Crippen LogP contribution is -2.48. The highest BCUT2D eigenvalue weighted by Gasteiger charge is 2.32. The van der Waals surface area contributed by atoms with Crippen molar-refractivity contribution in [3.8, 4) is 17.2 Å². The molecule has 0 aromatic heterocycles. The lowest BCUT2D eigenvalue weighted by Gasteiger charge is -2.34. The summed E-state index contributed by atoms with van der Waals surface area (Å²) in [6.45, 7) is 5.91. The molecule has 0 unspecified atom stereocenters. The summed E-state index contributed by atoms with van der Waals surface area (Å²) in [5.74, 6) is 1.08. The molecular formula is C32H38N4O8S. The van der Waals surface area contributed by atoms with E-state index in [-0.39, 0.29) is 61.3 Å². The van der Waals surface area contributed by atoms with Crippen LogP contribution in [0.5, 0.6) is 17.2 Å². The summed E-state index contributed by atoms with van der Waals surface area (Å²) in [7, 11) is -2.23. The first-order chi connectivity index (χ1) is 21.4. The van der Waals surface area contributed by atoms with Gasteiger partial charge in [0.1, 0.15) is 11.9 Å². The van der Waals surface area contributed by atoms with Crippen LogP contribution in [0.25, 0.3) is 0 Å². The number of urea groups is 1. The Morgan fingerprint density at radius 3 is 2.47 bits per heavy atom. The third kappa shape index (κ3) is 7.43. The molecule has 3 aromatic carbocycles. The number of carbonyl (C=O) groups excluding carboxylic acids is 2. The Morgan fingerprint density at radius 2 is 1.73 bits per heavy atom. The number of rotatable bonds is 8. The average Bonchev–Trinajstić information content (AvgIpc) is 3.48. The maximum absolute atomic E-state index is 13.5. The van der Waals surface area contributed by atoms with Gasteiger partial charge in [0.2, 0.25) is 12.7 Å². The Bertz CT molecular complexity index is 1660. The highest BCUT2D eigenvalue weighted by Crippen LogP contribution is 2.34. The van der Waals surface area contributed by atoms with Crippen molar-refractivity contribution in [2.45, 2.75) is 44.2 Å². The molecule has 0 aliphatic carbocycles. The van der Waals surface area contributed by atoms with E-state index >= 15 is 0 Å². The largest absolute Gasteiger partial charge is 0.488 e. The number of nitrogens with zero attached hydrogens (tertiary/aromatic N) is 2. The summed E-state index contributed by atoms with van der Waals surface area (Å²) in [6, 6.07) is 15.6. The van der Waals surface area contributed by atoms with E-state index < -0.39 is 22.2 Å². The number of anilines is 2. The van der Waals surface area contributed by atoms with Gasteiger partial charge in [-0.15, -0.1) is 0 Å². The molecule has 3 amide bonds. The Balaban J connectivity index is 1.38. The number of aliphatic hydroxyl groups is 1. The quantitative estimate of drug-likeness (QED) is 0.337. The predicted octanol–water partition coefficient (Wildman–Crippen LogP) is 3.84. The highest BCUT2D eigenvalue weighted by molar-refractivity contribution is 7.92. The number of nitrogens with one attached hydrogen (secondary N) is 2. The van der Waals surface area contributed by atoms with Gasteiger partial charge in [0.25, 0.3) is 10.0 Å². The maximum Gasteiger partial charge on any atom is 0.321 e.